The van der Waals surface area contributed by atoms with Crippen molar-refractivity contribution in [3.63, 3.8) is 0 Å². The molecule has 0 bridgehead atoms. The minimum absolute atomic E-state index is 0.321. The normalized spacial score (nSPS) is 36.7. The fourth-order valence-electron chi connectivity index (χ4n) is 4.08. The fourth-order valence-corrected chi connectivity index (χ4v) is 4.08. The highest BCUT2D eigenvalue weighted by molar-refractivity contribution is 5.11. The van der Waals surface area contributed by atoms with Gasteiger partial charge in [0.15, 0.2) is 0 Å². The Kier molecular flexibility index (Phi) is 3.84. The minimum atomic E-state index is 0.321. The lowest BCUT2D eigenvalue weighted by Crippen LogP contribution is -2.67. The van der Waals surface area contributed by atoms with Crippen LogP contribution in [-0.2, 0) is 4.74 Å². The largest absolute Gasteiger partial charge is 0.377 e. The van der Waals surface area contributed by atoms with Crippen LogP contribution in [0.2, 0.25) is 0 Å². The lowest BCUT2D eigenvalue weighted by atomic mass is 9.57. The summed E-state index contributed by atoms with van der Waals surface area (Å²) in [5, 5.41) is 3.90. The molecule has 4 unspecified atom stereocenters. The zero-order valence-electron chi connectivity index (χ0n) is 12.1. The molecule has 2 rings (SSSR count). The Morgan fingerprint density at radius 2 is 1.94 bits per heavy atom. The van der Waals surface area contributed by atoms with E-state index in [-0.39, 0.29) is 0 Å². The van der Waals surface area contributed by atoms with Crippen molar-refractivity contribution in [3.05, 3.63) is 0 Å². The van der Waals surface area contributed by atoms with E-state index in [1.54, 1.807) is 0 Å². The highest BCUT2D eigenvalue weighted by Gasteiger charge is 2.59. The van der Waals surface area contributed by atoms with Gasteiger partial charge >= 0.3 is 0 Å². The summed E-state index contributed by atoms with van der Waals surface area (Å²) in [6.07, 6.45) is 4.32. The number of hydrogen-bond acceptors (Lipinski definition) is 2. The maximum absolute atomic E-state index is 5.85. The van der Waals surface area contributed by atoms with Crippen molar-refractivity contribution in [2.24, 2.45) is 17.3 Å². The van der Waals surface area contributed by atoms with Crippen LogP contribution in [0.4, 0.5) is 0 Å². The van der Waals surface area contributed by atoms with E-state index in [1.165, 1.54) is 19.3 Å². The van der Waals surface area contributed by atoms with E-state index in [1.807, 2.05) is 0 Å². The molecule has 4 atom stereocenters. The number of fused-ring (bicyclic) bond motifs is 1. The number of ether oxygens (including phenoxy) is 1. The molecule has 0 aromatic heterocycles. The third-order valence-corrected chi connectivity index (χ3v) is 5.30. The molecule has 17 heavy (non-hydrogen) atoms. The van der Waals surface area contributed by atoms with Crippen LogP contribution in [-0.4, -0.2) is 24.8 Å². The third kappa shape index (κ3) is 2.15. The maximum atomic E-state index is 5.85. The summed E-state index contributed by atoms with van der Waals surface area (Å²) in [5.74, 6) is 1.58. The molecule has 0 radical (unpaired) electrons. The molecule has 0 amide bonds. The molecular weight excluding hydrogens is 210 g/mol. The Balaban J connectivity index is 1.95. The molecule has 100 valence electrons. The monoisotopic (exact) mass is 239 g/mol. The first kappa shape index (κ1) is 13.4. The Morgan fingerprint density at radius 3 is 2.53 bits per heavy atom. The zero-order valence-corrected chi connectivity index (χ0v) is 12.1. The molecule has 0 aromatic rings. The van der Waals surface area contributed by atoms with Gasteiger partial charge in [0, 0.05) is 30.0 Å². The van der Waals surface area contributed by atoms with Gasteiger partial charge in [-0.25, -0.2) is 0 Å². The SMILES string of the molecule is CCC(CC)C(C)NC1C2CCOC2C1(C)C. The molecule has 1 aliphatic heterocycles. The van der Waals surface area contributed by atoms with Gasteiger partial charge in [0.05, 0.1) is 6.10 Å². The lowest BCUT2D eigenvalue weighted by molar-refractivity contribution is -0.116. The standard InChI is InChI=1S/C15H29NO/c1-6-11(7-2)10(3)16-13-12-8-9-17-14(12)15(13,4)5/h10-14,16H,6-9H2,1-5H3. The molecule has 1 aliphatic carbocycles. The van der Waals surface area contributed by atoms with Crippen molar-refractivity contribution >= 4 is 0 Å². The van der Waals surface area contributed by atoms with E-state index in [2.05, 4.69) is 39.9 Å². The molecule has 1 saturated heterocycles. The van der Waals surface area contributed by atoms with E-state index in [0.717, 1.165) is 18.4 Å². The topological polar surface area (TPSA) is 21.3 Å². The van der Waals surface area contributed by atoms with Crippen molar-refractivity contribution < 1.29 is 4.74 Å². The first-order valence-corrected chi connectivity index (χ1v) is 7.40. The van der Waals surface area contributed by atoms with Crippen molar-refractivity contribution in [1.29, 1.82) is 0 Å². The lowest BCUT2D eigenvalue weighted by Gasteiger charge is -2.56. The van der Waals surface area contributed by atoms with E-state index in [0.29, 0.717) is 23.6 Å². The summed E-state index contributed by atoms with van der Waals surface area (Å²) in [4.78, 5) is 0. The van der Waals surface area contributed by atoms with Crippen LogP contribution in [0.15, 0.2) is 0 Å². The molecule has 2 fully saturated rings. The van der Waals surface area contributed by atoms with Gasteiger partial charge in [-0.05, 0) is 19.3 Å². The van der Waals surface area contributed by atoms with Crippen LogP contribution in [0.3, 0.4) is 0 Å². The molecule has 2 heteroatoms. The third-order valence-electron chi connectivity index (χ3n) is 5.30. The smallest absolute Gasteiger partial charge is 0.0685 e. The fraction of sp³-hybridized carbons (Fsp3) is 1.00. The number of hydrogen-bond donors (Lipinski definition) is 1. The average Bonchev–Trinajstić information content (AvgIpc) is 2.74. The quantitative estimate of drug-likeness (QED) is 0.795. The van der Waals surface area contributed by atoms with Crippen LogP contribution in [0.25, 0.3) is 0 Å². The predicted molar refractivity (Wildman–Crippen MR) is 72.1 cm³/mol. The molecule has 1 heterocycles. The van der Waals surface area contributed by atoms with Gasteiger partial charge in [0.2, 0.25) is 0 Å². The van der Waals surface area contributed by atoms with Crippen molar-refractivity contribution in [1.82, 2.24) is 5.32 Å². The predicted octanol–water partition coefficient (Wildman–Crippen LogP) is 3.21. The van der Waals surface area contributed by atoms with Gasteiger partial charge in [-0.1, -0.05) is 40.5 Å². The van der Waals surface area contributed by atoms with Crippen LogP contribution in [0, 0.1) is 17.3 Å². The summed E-state index contributed by atoms with van der Waals surface area (Å²) in [5.41, 5.74) is 0.321. The van der Waals surface area contributed by atoms with Crippen molar-refractivity contribution in [2.75, 3.05) is 6.61 Å². The summed E-state index contributed by atoms with van der Waals surface area (Å²) in [6, 6.07) is 1.29. The highest BCUT2D eigenvalue weighted by Crippen LogP contribution is 2.52. The molecule has 0 spiro atoms. The van der Waals surface area contributed by atoms with E-state index in [4.69, 9.17) is 4.74 Å². The van der Waals surface area contributed by atoms with Gasteiger partial charge in [-0.15, -0.1) is 0 Å². The minimum Gasteiger partial charge on any atom is -0.377 e. The zero-order chi connectivity index (χ0) is 12.6. The molecular formula is C15H29NO. The molecule has 2 nitrogen and oxygen atoms in total. The Hall–Kier alpha value is -0.0800. The van der Waals surface area contributed by atoms with Crippen molar-refractivity contribution in [3.8, 4) is 0 Å². The van der Waals surface area contributed by atoms with Crippen LogP contribution >= 0.6 is 0 Å². The Morgan fingerprint density at radius 1 is 1.29 bits per heavy atom. The summed E-state index contributed by atoms with van der Waals surface area (Å²) >= 11 is 0. The Labute approximate surface area is 107 Å². The number of nitrogens with one attached hydrogen (secondary N) is 1. The number of rotatable bonds is 5. The van der Waals surface area contributed by atoms with Gasteiger partial charge < -0.3 is 10.1 Å². The first-order valence-electron chi connectivity index (χ1n) is 7.40. The van der Waals surface area contributed by atoms with E-state index in [9.17, 15) is 0 Å². The van der Waals surface area contributed by atoms with Gasteiger partial charge in [-0.2, -0.15) is 0 Å². The summed E-state index contributed by atoms with van der Waals surface area (Å²) in [7, 11) is 0. The molecule has 2 aliphatic rings. The van der Waals surface area contributed by atoms with Gasteiger partial charge in [0.1, 0.15) is 0 Å². The van der Waals surface area contributed by atoms with E-state index >= 15 is 0 Å². The van der Waals surface area contributed by atoms with Crippen LogP contribution < -0.4 is 5.32 Å². The maximum Gasteiger partial charge on any atom is 0.0685 e. The van der Waals surface area contributed by atoms with Gasteiger partial charge in [0.25, 0.3) is 0 Å². The van der Waals surface area contributed by atoms with E-state index < -0.39 is 0 Å². The van der Waals surface area contributed by atoms with Crippen molar-refractivity contribution in [2.45, 2.75) is 72.1 Å². The van der Waals surface area contributed by atoms with Crippen LogP contribution in [0.5, 0.6) is 0 Å². The van der Waals surface area contributed by atoms with Crippen LogP contribution in [0.1, 0.15) is 53.9 Å². The second-order valence-electron chi connectivity index (χ2n) is 6.57. The van der Waals surface area contributed by atoms with Gasteiger partial charge in [-0.3, -0.25) is 0 Å². The average molecular weight is 239 g/mol. The second-order valence-corrected chi connectivity index (χ2v) is 6.57. The molecule has 1 saturated carbocycles. The molecule has 1 N–H and O–H groups in total. The summed E-state index contributed by atoms with van der Waals surface area (Å²) in [6.45, 7) is 12.7. The summed E-state index contributed by atoms with van der Waals surface area (Å²) < 4.78 is 5.85. The Bertz CT molecular complexity index is 260. The second kappa shape index (κ2) is 4.89. The highest BCUT2D eigenvalue weighted by atomic mass is 16.5. The first-order chi connectivity index (χ1) is 8.02. The molecule has 0 aromatic carbocycles.